The molecule has 0 saturated carbocycles. The Morgan fingerprint density at radius 3 is 2.50 bits per heavy atom. The van der Waals surface area contributed by atoms with E-state index in [0.717, 1.165) is 0 Å². The summed E-state index contributed by atoms with van der Waals surface area (Å²) >= 11 is 0. The number of hydrogen-bond donors (Lipinski definition) is 1. The van der Waals surface area contributed by atoms with Crippen molar-refractivity contribution >= 4 is 19.4 Å². The molecule has 2 aromatic rings. The van der Waals surface area contributed by atoms with Gasteiger partial charge in [0.15, 0.2) is 0 Å². The Hall–Kier alpha value is -2.36. The maximum atomic E-state index is 12.1. The molecule has 0 aromatic heterocycles. The minimum atomic E-state index is -0.224. The molecule has 0 amide bonds. The first-order chi connectivity index (χ1) is 8.72. The molecule has 88 valence electrons. The van der Waals surface area contributed by atoms with Crippen LogP contribution in [0.2, 0.25) is 0 Å². The van der Waals surface area contributed by atoms with Gasteiger partial charge in [-0.3, -0.25) is 0 Å². The van der Waals surface area contributed by atoms with E-state index in [4.69, 9.17) is 4.74 Å². The van der Waals surface area contributed by atoms with Crippen molar-refractivity contribution in [3.63, 3.8) is 0 Å². The Bertz CT molecular complexity index is 579. The number of phenolic OH excluding ortho intramolecular Hbond substituents is 1. The van der Waals surface area contributed by atoms with Crippen LogP contribution in [0.5, 0.6) is 11.5 Å². The summed E-state index contributed by atoms with van der Waals surface area (Å²) in [4.78, 5) is 12.1. The Labute approximate surface area is 106 Å². The molecule has 0 aliphatic rings. The van der Waals surface area contributed by atoms with Gasteiger partial charge in [-0.2, -0.15) is 0 Å². The molecule has 0 unspecified atom stereocenters. The van der Waals surface area contributed by atoms with E-state index in [1.807, 2.05) is 6.07 Å². The van der Waals surface area contributed by atoms with Gasteiger partial charge in [-0.15, -0.1) is 0 Å². The molecular weight excluding hydrogens is 227 g/mol. The number of carbonyl (C=O) groups is 1. The number of aromatic hydroxyl groups is 1. The van der Waals surface area contributed by atoms with Crippen molar-refractivity contribution in [2.75, 3.05) is 0 Å². The Kier molecular flexibility index (Phi) is 3.58. The molecule has 0 spiro atoms. The van der Waals surface area contributed by atoms with Gasteiger partial charge >= 0.3 is 105 Å². The molecule has 3 nitrogen and oxygen atoms in total. The van der Waals surface area contributed by atoms with Gasteiger partial charge in [0.1, 0.15) is 0 Å². The fourth-order valence-corrected chi connectivity index (χ4v) is 1.62. The van der Waals surface area contributed by atoms with Gasteiger partial charge in [0.25, 0.3) is 0 Å². The van der Waals surface area contributed by atoms with E-state index in [1.165, 1.54) is 18.3 Å². The average Bonchev–Trinajstić information content (AvgIpc) is 2.40. The number of carbonyl (C=O) groups excluding carboxylic acids is 1. The second kappa shape index (κ2) is 5.32. The summed E-state index contributed by atoms with van der Waals surface area (Å²) in [6, 6.07) is 13.3. The van der Waals surface area contributed by atoms with Crippen LogP contribution in [0, 0.1) is 0 Å². The normalized spacial score (nSPS) is 9.72. The number of ketones is 1. The first-order valence-electron chi connectivity index (χ1n) is 5.42. The van der Waals surface area contributed by atoms with Crippen LogP contribution in [-0.4, -0.2) is 24.5 Å². The number of phenols is 1. The van der Waals surface area contributed by atoms with Crippen LogP contribution < -0.4 is 4.74 Å². The molecule has 0 aliphatic carbocycles. The Morgan fingerprint density at radius 1 is 1.17 bits per heavy atom. The standard InChI is InChI=1S/C14H11BO3/c15-9-18-11-6-7-12(13(16)8-11)14(17)10-4-2-1-3-5-10/h1-9,15-16H. The van der Waals surface area contributed by atoms with Crippen LogP contribution in [0.1, 0.15) is 15.9 Å². The van der Waals surface area contributed by atoms with Crippen molar-refractivity contribution in [3.05, 3.63) is 59.7 Å². The number of rotatable bonds is 4. The molecule has 18 heavy (non-hydrogen) atoms. The zero-order valence-electron chi connectivity index (χ0n) is 9.67. The van der Waals surface area contributed by atoms with Crippen molar-refractivity contribution < 1.29 is 14.6 Å². The van der Waals surface area contributed by atoms with E-state index in [9.17, 15) is 9.90 Å². The Morgan fingerprint density at radius 2 is 1.89 bits per heavy atom. The van der Waals surface area contributed by atoms with Crippen molar-refractivity contribution in [3.8, 4) is 11.5 Å². The molecule has 4 heteroatoms. The summed E-state index contributed by atoms with van der Waals surface area (Å²) in [6.07, 6.45) is 1.26. The van der Waals surface area contributed by atoms with Crippen molar-refractivity contribution in [2.45, 2.75) is 0 Å². The van der Waals surface area contributed by atoms with E-state index in [2.05, 4.69) is 7.49 Å². The number of hydrogen-bond acceptors (Lipinski definition) is 3. The fraction of sp³-hybridized carbons (Fsp3) is 0. The minimum absolute atomic E-state index is 0.108. The van der Waals surface area contributed by atoms with Gasteiger partial charge in [-0.25, -0.2) is 0 Å². The third-order valence-electron chi connectivity index (χ3n) is 2.47. The first kappa shape index (κ1) is 12.1. The van der Waals surface area contributed by atoms with Crippen LogP contribution in [0.3, 0.4) is 0 Å². The van der Waals surface area contributed by atoms with E-state index < -0.39 is 0 Å². The quantitative estimate of drug-likeness (QED) is 0.650. The monoisotopic (exact) mass is 238 g/mol. The number of benzene rings is 2. The van der Waals surface area contributed by atoms with Gasteiger partial charge in [0.2, 0.25) is 0 Å². The van der Waals surface area contributed by atoms with Crippen molar-refractivity contribution in [2.24, 2.45) is 0 Å². The predicted molar refractivity (Wildman–Crippen MR) is 71.8 cm³/mol. The summed E-state index contributed by atoms with van der Waals surface area (Å²) in [5, 5.41) is 9.81. The predicted octanol–water partition coefficient (Wildman–Crippen LogP) is 1.66. The molecule has 0 saturated heterocycles. The third-order valence-corrected chi connectivity index (χ3v) is 2.47. The van der Waals surface area contributed by atoms with Crippen molar-refractivity contribution in [1.29, 1.82) is 0 Å². The molecule has 2 aromatic carbocycles. The van der Waals surface area contributed by atoms with Crippen LogP contribution in [-0.2, 0) is 0 Å². The molecular formula is C14H11BO3. The van der Waals surface area contributed by atoms with Crippen LogP contribution >= 0.6 is 0 Å². The topological polar surface area (TPSA) is 46.5 Å². The second-order valence-electron chi connectivity index (χ2n) is 3.66. The summed E-state index contributed by atoms with van der Waals surface area (Å²) < 4.78 is 5.02. The molecule has 0 fully saturated rings. The van der Waals surface area contributed by atoms with Gasteiger partial charge in [-0.05, 0) is 0 Å². The molecule has 2 rings (SSSR count). The molecule has 0 heterocycles. The van der Waals surface area contributed by atoms with Gasteiger partial charge in [-0.1, -0.05) is 0 Å². The van der Waals surface area contributed by atoms with Gasteiger partial charge in [0.05, 0.1) is 0 Å². The average molecular weight is 238 g/mol. The fourth-order valence-electron chi connectivity index (χ4n) is 1.62. The van der Waals surface area contributed by atoms with E-state index in [0.29, 0.717) is 11.3 Å². The SMILES string of the molecule is B=COc1ccc(C(=O)c2ccccc2)c(O)c1. The molecule has 0 atom stereocenters. The van der Waals surface area contributed by atoms with Crippen LogP contribution in [0.25, 0.3) is 0 Å². The summed E-state index contributed by atoms with van der Waals surface area (Å²) in [5.41, 5.74) is 0.780. The summed E-state index contributed by atoms with van der Waals surface area (Å²) in [6.45, 7) is 0. The number of ether oxygens (including phenoxy) is 1. The third kappa shape index (κ3) is 2.48. The molecule has 0 radical (unpaired) electrons. The van der Waals surface area contributed by atoms with E-state index in [1.54, 1.807) is 30.3 Å². The molecule has 0 bridgehead atoms. The first-order valence-corrected chi connectivity index (χ1v) is 5.42. The molecule has 1 N–H and O–H groups in total. The zero-order chi connectivity index (χ0) is 13.0. The Balaban J connectivity index is 2.34. The van der Waals surface area contributed by atoms with Gasteiger partial charge in [0, 0.05) is 0 Å². The zero-order valence-corrected chi connectivity index (χ0v) is 9.67. The van der Waals surface area contributed by atoms with Crippen molar-refractivity contribution in [1.82, 2.24) is 0 Å². The van der Waals surface area contributed by atoms with E-state index >= 15 is 0 Å². The van der Waals surface area contributed by atoms with E-state index in [-0.39, 0.29) is 17.1 Å². The summed E-state index contributed by atoms with van der Waals surface area (Å²) in [5.74, 6) is 0.105. The second-order valence-corrected chi connectivity index (χ2v) is 3.66. The summed E-state index contributed by atoms with van der Waals surface area (Å²) in [7, 11) is 3.42. The maximum absolute atomic E-state index is 12.1. The van der Waals surface area contributed by atoms with Crippen LogP contribution in [0.15, 0.2) is 48.5 Å². The van der Waals surface area contributed by atoms with Gasteiger partial charge < -0.3 is 0 Å². The molecule has 0 aliphatic heterocycles. The van der Waals surface area contributed by atoms with Crippen LogP contribution in [0.4, 0.5) is 0 Å².